The lowest BCUT2D eigenvalue weighted by Crippen LogP contribution is -2.37. The zero-order chi connectivity index (χ0) is 13.9. The summed E-state index contributed by atoms with van der Waals surface area (Å²) in [6, 6.07) is 7.05. The van der Waals surface area contributed by atoms with Crippen molar-refractivity contribution in [3.63, 3.8) is 0 Å². The molecule has 0 amide bonds. The Bertz CT molecular complexity index is 527. The Morgan fingerprint density at radius 1 is 1.32 bits per heavy atom. The summed E-state index contributed by atoms with van der Waals surface area (Å²) in [5.74, 6) is 0.585. The molecule has 1 aliphatic carbocycles. The average molecular weight is 283 g/mol. The molecule has 0 aliphatic heterocycles. The summed E-state index contributed by atoms with van der Waals surface area (Å²) in [5, 5.41) is 2.90. The third-order valence-electron chi connectivity index (χ3n) is 3.84. The van der Waals surface area contributed by atoms with Crippen molar-refractivity contribution in [2.75, 3.05) is 14.2 Å². The minimum absolute atomic E-state index is 0.286. The van der Waals surface area contributed by atoms with Gasteiger partial charge in [-0.15, -0.1) is 0 Å². The molecule has 0 aromatic heterocycles. The molecule has 2 atom stereocenters. The quantitative estimate of drug-likeness (QED) is 0.918. The number of nitrogens with one attached hydrogen (secondary N) is 1. The molecule has 1 aromatic carbocycles. The van der Waals surface area contributed by atoms with E-state index in [1.54, 1.807) is 31.4 Å². The molecule has 0 spiro atoms. The van der Waals surface area contributed by atoms with Crippen molar-refractivity contribution >= 4 is 9.84 Å². The fourth-order valence-corrected chi connectivity index (χ4v) is 4.56. The van der Waals surface area contributed by atoms with Gasteiger partial charge in [-0.25, -0.2) is 8.42 Å². The van der Waals surface area contributed by atoms with Gasteiger partial charge in [-0.1, -0.05) is 12.5 Å². The minimum Gasteiger partial charge on any atom is -0.497 e. The van der Waals surface area contributed by atoms with E-state index in [4.69, 9.17) is 4.74 Å². The molecule has 106 valence electrons. The second kappa shape index (κ2) is 5.92. The van der Waals surface area contributed by atoms with Crippen molar-refractivity contribution in [1.29, 1.82) is 0 Å². The van der Waals surface area contributed by atoms with Gasteiger partial charge in [0.2, 0.25) is 0 Å². The van der Waals surface area contributed by atoms with Crippen molar-refractivity contribution in [2.45, 2.75) is 41.9 Å². The van der Waals surface area contributed by atoms with Gasteiger partial charge >= 0.3 is 0 Å². The summed E-state index contributed by atoms with van der Waals surface area (Å²) in [4.78, 5) is 0.369. The molecule has 0 radical (unpaired) electrons. The SMILES string of the molecule is CNC1CCCC(S(=O)(=O)c2cccc(OC)c2)C1. The van der Waals surface area contributed by atoms with Gasteiger partial charge in [0.05, 0.1) is 17.3 Å². The fourth-order valence-electron chi connectivity index (χ4n) is 2.66. The molecule has 1 fully saturated rings. The van der Waals surface area contributed by atoms with Crippen molar-refractivity contribution in [2.24, 2.45) is 0 Å². The highest BCUT2D eigenvalue weighted by Crippen LogP contribution is 2.30. The number of hydrogen-bond donors (Lipinski definition) is 1. The molecule has 0 saturated heterocycles. The molecular formula is C14H21NO3S. The van der Waals surface area contributed by atoms with Crippen molar-refractivity contribution in [3.8, 4) is 5.75 Å². The Hall–Kier alpha value is -1.07. The first kappa shape index (κ1) is 14.3. The molecule has 5 heteroatoms. The van der Waals surface area contributed by atoms with Gasteiger partial charge < -0.3 is 10.1 Å². The molecule has 1 N–H and O–H groups in total. The van der Waals surface area contributed by atoms with Gasteiger partial charge in [-0.2, -0.15) is 0 Å². The summed E-state index contributed by atoms with van der Waals surface area (Å²) in [5.41, 5.74) is 0. The van der Waals surface area contributed by atoms with Gasteiger partial charge in [0.1, 0.15) is 5.75 Å². The summed E-state index contributed by atoms with van der Waals surface area (Å²) in [6.45, 7) is 0. The number of sulfone groups is 1. The summed E-state index contributed by atoms with van der Waals surface area (Å²) in [6.07, 6.45) is 3.45. The molecular weight excluding hydrogens is 262 g/mol. The lowest BCUT2D eigenvalue weighted by Gasteiger charge is -2.28. The van der Waals surface area contributed by atoms with E-state index >= 15 is 0 Å². The van der Waals surface area contributed by atoms with Gasteiger partial charge in [-0.3, -0.25) is 0 Å². The summed E-state index contributed by atoms with van der Waals surface area (Å²) < 4.78 is 30.4. The van der Waals surface area contributed by atoms with Crippen LogP contribution in [-0.2, 0) is 9.84 Å². The smallest absolute Gasteiger partial charge is 0.181 e. The summed E-state index contributed by atoms with van der Waals surface area (Å²) in [7, 11) is 0.181. The number of hydrogen-bond acceptors (Lipinski definition) is 4. The molecule has 2 rings (SSSR count). The second-order valence-corrected chi connectivity index (χ2v) is 7.23. The van der Waals surface area contributed by atoms with E-state index < -0.39 is 9.84 Å². The number of benzene rings is 1. The van der Waals surface area contributed by atoms with Crippen LogP contribution in [0.2, 0.25) is 0 Å². The van der Waals surface area contributed by atoms with Crippen LogP contribution in [0.25, 0.3) is 0 Å². The predicted octanol–water partition coefficient (Wildman–Crippen LogP) is 2.00. The zero-order valence-corrected chi connectivity index (χ0v) is 12.2. The normalized spacial score (nSPS) is 24.1. The van der Waals surface area contributed by atoms with E-state index in [-0.39, 0.29) is 5.25 Å². The standard InChI is InChI=1S/C14H21NO3S/c1-15-11-5-3-7-13(9-11)19(16,17)14-8-4-6-12(10-14)18-2/h4,6,8,10-11,13,15H,3,5,7,9H2,1-2H3. The van der Waals surface area contributed by atoms with E-state index in [0.717, 1.165) is 19.3 Å². The topological polar surface area (TPSA) is 55.4 Å². The van der Waals surface area contributed by atoms with E-state index in [1.165, 1.54) is 0 Å². The van der Waals surface area contributed by atoms with Gasteiger partial charge in [0, 0.05) is 6.04 Å². The molecule has 0 bridgehead atoms. The Morgan fingerprint density at radius 2 is 2.11 bits per heavy atom. The van der Waals surface area contributed by atoms with Crippen LogP contribution in [0.15, 0.2) is 29.2 Å². The van der Waals surface area contributed by atoms with Crippen LogP contribution in [0.5, 0.6) is 5.75 Å². The van der Waals surface area contributed by atoms with Crippen LogP contribution >= 0.6 is 0 Å². The maximum atomic E-state index is 12.6. The maximum absolute atomic E-state index is 12.6. The van der Waals surface area contributed by atoms with E-state index in [9.17, 15) is 8.42 Å². The summed E-state index contributed by atoms with van der Waals surface area (Å²) >= 11 is 0. The van der Waals surface area contributed by atoms with Crippen molar-refractivity contribution < 1.29 is 13.2 Å². The predicted molar refractivity (Wildman–Crippen MR) is 75.3 cm³/mol. The maximum Gasteiger partial charge on any atom is 0.181 e. The van der Waals surface area contributed by atoms with Crippen molar-refractivity contribution in [1.82, 2.24) is 5.32 Å². The van der Waals surface area contributed by atoms with Crippen LogP contribution in [-0.4, -0.2) is 33.9 Å². The second-order valence-electron chi connectivity index (χ2n) is 5.00. The molecule has 4 nitrogen and oxygen atoms in total. The largest absolute Gasteiger partial charge is 0.497 e. The van der Waals surface area contributed by atoms with Crippen LogP contribution in [0.1, 0.15) is 25.7 Å². The van der Waals surface area contributed by atoms with Crippen LogP contribution < -0.4 is 10.1 Å². The lowest BCUT2D eigenvalue weighted by atomic mass is 9.95. The van der Waals surface area contributed by atoms with Crippen molar-refractivity contribution in [3.05, 3.63) is 24.3 Å². The Labute approximate surface area is 115 Å². The lowest BCUT2D eigenvalue weighted by molar-refractivity contribution is 0.390. The molecule has 2 unspecified atom stereocenters. The first-order valence-corrected chi connectivity index (χ1v) is 8.17. The number of rotatable bonds is 4. The number of ether oxygens (including phenoxy) is 1. The monoisotopic (exact) mass is 283 g/mol. The first-order valence-electron chi connectivity index (χ1n) is 6.63. The minimum atomic E-state index is -3.26. The third-order valence-corrected chi connectivity index (χ3v) is 6.06. The van der Waals surface area contributed by atoms with E-state index in [0.29, 0.717) is 23.1 Å². The zero-order valence-electron chi connectivity index (χ0n) is 11.4. The van der Waals surface area contributed by atoms with E-state index in [1.807, 2.05) is 7.05 Å². The van der Waals surface area contributed by atoms with Crippen LogP contribution in [0, 0.1) is 0 Å². The number of methoxy groups -OCH3 is 1. The van der Waals surface area contributed by atoms with Gasteiger partial charge in [0.15, 0.2) is 9.84 Å². The van der Waals surface area contributed by atoms with Gasteiger partial charge in [0.25, 0.3) is 0 Å². The molecule has 1 saturated carbocycles. The highest BCUT2D eigenvalue weighted by molar-refractivity contribution is 7.92. The fraction of sp³-hybridized carbons (Fsp3) is 0.571. The highest BCUT2D eigenvalue weighted by Gasteiger charge is 2.32. The van der Waals surface area contributed by atoms with Crippen LogP contribution in [0.4, 0.5) is 0 Å². The Balaban J connectivity index is 2.25. The Kier molecular flexibility index (Phi) is 4.47. The highest BCUT2D eigenvalue weighted by atomic mass is 32.2. The molecule has 0 heterocycles. The van der Waals surface area contributed by atoms with Crippen LogP contribution in [0.3, 0.4) is 0 Å². The third kappa shape index (κ3) is 3.09. The molecule has 1 aromatic rings. The van der Waals surface area contributed by atoms with Gasteiger partial charge in [-0.05, 0) is 44.5 Å². The Morgan fingerprint density at radius 3 is 2.79 bits per heavy atom. The molecule has 19 heavy (non-hydrogen) atoms. The first-order chi connectivity index (χ1) is 9.07. The average Bonchev–Trinajstić information content (AvgIpc) is 2.47. The van der Waals surface area contributed by atoms with E-state index in [2.05, 4.69) is 5.32 Å². The molecule has 1 aliphatic rings.